The molecule has 3 fully saturated rings. The number of carboxylic acids is 3. The van der Waals surface area contributed by atoms with Crippen molar-refractivity contribution in [2.75, 3.05) is 7.11 Å². The summed E-state index contributed by atoms with van der Waals surface area (Å²) >= 11 is 0. The number of aliphatic carboxylic acids is 3. The van der Waals surface area contributed by atoms with Crippen LogP contribution in [0.4, 0.5) is 0 Å². The number of rotatable bonds is 15. The molecule has 0 aromatic rings. The molecule has 0 saturated carbocycles. The van der Waals surface area contributed by atoms with Crippen LogP contribution in [0.2, 0.25) is 0 Å². The van der Waals surface area contributed by atoms with Crippen molar-refractivity contribution in [3.05, 3.63) is 0 Å². The molecule has 0 aliphatic carbocycles. The van der Waals surface area contributed by atoms with Gasteiger partial charge in [0.2, 0.25) is 17.7 Å². The van der Waals surface area contributed by atoms with Crippen LogP contribution in [-0.4, -0.2) is 174 Å². The zero-order chi connectivity index (χ0) is 44.6. The maximum Gasteiger partial charge on any atom is 0.337 e. The highest BCUT2D eigenvalue weighted by Gasteiger charge is 2.60. The Morgan fingerprint density at radius 1 is 0.407 bits per heavy atom. The first-order valence-corrected chi connectivity index (χ1v) is 17.5. The molecule has 3 heterocycles. The van der Waals surface area contributed by atoms with Crippen LogP contribution < -0.4 is 16.0 Å². The monoisotopic (exact) mass is 851 g/mol. The smallest absolute Gasteiger partial charge is 0.337 e. The van der Waals surface area contributed by atoms with E-state index < -0.39 is 151 Å². The minimum Gasteiger partial charge on any atom is -0.479 e. The second kappa shape index (κ2) is 20.4. The van der Waals surface area contributed by atoms with E-state index in [1.165, 1.54) is 0 Å². The van der Waals surface area contributed by atoms with Gasteiger partial charge < -0.3 is 78.6 Å². The Morgan fingerprint density at radius 2 is 0.661 bits per heavy atom. The van der Waals surface area contributed by atoms with Crippen molar-refractivity contribution in [1.82, 2.24) is 16.0 Å². The molecule has 59 heavy (non-hydrogen) atoms. The van der Waals surface area contributed by atoms with Crippen LogP contribution in [0.5, 0.6) is 0 Å². The lowest BCUT2D eigenvalue weighted by atomic mass is 9.92. The van der Waals surface area contributed by atoms with Crippen LogP contribution in [0, 0.1) is 0 Å². The first-order valence-electron chi connectivity index (χ1n) is 17.5. The number of carbonyl (C=O) groups is 10. The standard InChI is InChI=1S/C33H45N3O23/c1-9(37)34-16-19(51-12(4)40)23(26(29(46)47)57-31(16)50-8)55-33-18(36-11(3)39)21(53-14(6)42)24(27(59-33)30(48)49)56-32-17(35-10(2)38)20(52-13(5)41)22(54-15(7)43)25(58-32)28(44)45/h16-27,31-33H,1-8H3,(H,34,37)(H,35,38)(H,36,39)(H,44,45)(H,46,47)(H,48,49)/t16-,17-,18-,19-,20-,21-,22-,23-,24-,25+,26+,27+,31+,32+,33+/m1/s1. The molecule has 15 atom stereocenters. The summed E-state index contributed by atoms with van der Waals surface area (Å²) in [4.78, 5) is 125. The summed E-state index contributed by atoms with van der Waals surface area (Å²) in [6.45, 7) is 6.57. The summed E-state index contributed by atoms with van der Waals surface area (Å²) in [6.07, 6.45) is -24.7. The first kappa shape index (κ1) is 47.8. The number of hydrogen-bond donors (Lipinski definition) is 6. The van der Waals surface area contributed by atoms with E-state index in [4.69, 9.17) is 47.4 Å². The highest BCUT2D eigenvalue weighted by atomic mass is 16.8. The predicted molar refractivity (Wildman–Crippen MR) is 181 cm³/mol. The van der Waals surface area contributed by atoms with E-state index in [2.05, 4.69) is 16.0 Å². The van der Waals surface area contributed by atoms with Crippen LogP contribution in [0.15, 0.2) is 0 Å². The van der Waals surface area contributed by atoms with Gasteiger partial charge in [-0.05, 0) is 0 Å². The summed E-state index contributed by atoms with van der Waals surface area (Å²) in [7, 11) is 1.08. The van der Waals surface area contributed by atoms with Crippen LogP contribution in [0.3, 0.4) is 0 Å². The summed E-state index contributed by atoms with van der Waals surface area (Å²) in [6, 6.07) is -5.20. The molecule has 0 radical (unpaired) electrons. The van der Waals surface area contributed by atoms with E-state index in [1.807, 2.05) is 0 Å². The summed E-state index contributed by atoms with van der Waals surface area (Å²) in [5, 5.41) is 37.8. The van der Waals surface area contributed by atoms with E-state index in [1.54, 1.807) is 0 Å². The van der Waals surface area contributed by atoms with E-state index >= 15 is 0 Å². The highest BCUT2D eigenvalue weighted by molar-refractivity contribution is 5.78. The minimum atomic E-state index is -2.41. The van der Waals surface area contributed by atoms with Crippen LogP contribution in [-0.2, 0) is 95.3 Å². The normalized spacial score (nSPS) is 34.1. The predicted octanol–water partition coefficient (Wildman–Crippen LogP) is -3.93. The Hall–Kier alpha value is -5.54. The fourth-order valence-corrected chi connectivity index (χ4v) is 6.62. The molecule has 3 aliphatic heterocycles. The van der Waals surface area contributed by atoms with Gasteiger partial charge in [0.25, 0.3) is 0 Å². The van der Waals surface area contributed by atoms with Gasteiger partial charge in [-0.15, -0.1) is 0 Å². The molecular formula is C33H45N3O23. The summed E-state index contributed by atoms with van der Waals surface area (Å²) in [5.74, 6) is -12.4. The Kier molecular flexibility index (Phi) is 16.6. The topological polar surface area (TPSA) is 360 Å². The summed E-state index contributed by atoms with van der Waals surface area (Å²) in [5.41, 5.74) is 0. The number of hydrogen-bond acceptors (Lipinski definition) is 20. The van der Waals surface area contributed by atoms with Gasteiger partial charge in [0.15, 0.2) is 61.6 Å². The van der Waals surface area contributed by atoms with Gasteiger partial charge in [0.05, 0.1) is 0 Å². The van der Waals surface area contributed by atoms with Crippen molar-refractivity contribution in [3.8, 4) is 0 Å². The molecular weight excluding hydrogens is 806 g/mol. The Labute approximate surface area is 333 Å². The number of amides is 3. The number of esters is 4. The lowest BCUT2D eigenvalue weighted by Gasteiger charge is -2.50. The molecule has 0 aromatic carbocycles. The average Bonchev–Trinajstić information content (AvgIpc) is 3.08. The lowest BCUT2D eigenvalue weighted by Crippen LogP contribution is -2.72. The maximum absolute atomic E-state index is 13.0. The van der Waals surface area contributed by atoms with Crippen molar-refractivity contribution >= 4 is 59.5 Å². The van der Waals surface area contributed by atoms with E-state index in [-0.39, 0.29) is 0 Å². The van der Waals surface area contributed by atoms with Crippen molar-refractivity contribution in [1.29, 1.82) is 0 Å². The van der Waals surface area contributed by atoms with Crippen LogP contribution >= 0.6 is 0 Å². The van der Waals surface area contributed by atoms with Crippen molar-refractivity contribution in [2.24, 2.45) is 0 Å². The van der Waals surface area contributed by atoms with E-state index in [0.717, 1.165) is 55.6 Å². The fraction of sp³-hybridized carbons (Fsp3) is 0.697. The molecule has 0 unspecified atom stereocenters. The van der Waals surface area contributed by atoms with Gasteiger partial charge in [-0.2, -0.15) is 0 Å². The third-order valence-corrected chi connectivity index (χ3v) is 8.51. The average molecular weight is 852 g/mol. The van der Waals surface area contributed by atoms with Crippen molar-refractivity contribution < 1.29 is 111 Å². The molecule has 26 nitrogen and oxygen atoms in total. The van der Waals surface area contributed by atoms with E-state index in [9.17, 15) is 63.3 Å². The number of carbonyl (C=O) groups excluding carboxylic acids is 7. The second-order valence-corrected chi connectivity index (χ2v) is 13.2. The minimum absolute atomic E-state index is 0.737. The number of carboxylic acid groups (broad SMARTS) is 3. The van der Waals surface area contributed by atoms with Gasteiger partial charge in [0.1, 0.15) is 30.3 Å². The van der Waals surface area contributed by atoms with Gasteiger partial charge in [-0.1, -0.05) is 0 Å². The molecule has 0 bridgehead atoms. The Balaban J connectivity index is 2.24. The molecule has 3 amide bonds. The Bertz CT molecular complexity index is 1660. The zero-order valence-corrected chi connectivity index (χ0v) is 32.7. The fourth-order valence-electron chi connectivity index (χ4n) is 6.62. The van der Waals surface area contributed by atoms with Gasteiger partial charge >= 0.3 is 41.8 Å². The third-order valence-electron chi connectivity index (χ3n) is 8.51. The van der Waals surface area contributed by atoms with Crippen LogP contribution in [0.1, 0.15) is 48.5 Å². The van der Waals surface area contributed by atoms with E-state index in [0.29, 0.717) is 0 Å². The van der Waals surface area contributed by atoms with Gasteiger partial charge in [0, 0.05) is 55.6 Å². The van der Waals surface area contributed by atoms with Crippen molar-refractivity contribution in [2.45, 2.75) is 140 Å². The Morgan fingerprint density at radius 3 is 0.932 bits per heavy atom. The van der Waals surface area contributed by atoms with Crippen LogP contribution in [0.25, 0.3) is 0 Å². The second-order valence-electron chi connectivity index (χ2n) is 13.2. The van der Waals surface area contributed by atoms with Gasteiger partial charge in [-0.25, -0.2) is 14.4 Å². The zero-order valence-electron chi connectivity index (χ0n) is 32.7. The summed E-state index contributed by atoms with van der Waals surface area (Å²) < 4.78 is 55.3. The molecule has 3 aliphatic rings. The number of ether oxygens (including phenoxy) is 10. The molecule has 3 saturated heterocycles. The van der Waals surface area contributed by atoms with Crippen molar-refractivity contribution in [3.63, 3.8) is 0 Å². The quantitative estimate of drug-likeness (QED) is 0.0677. The molecule has 26 heteroatoms. The number of methoxy groups -OCH3 is 1. The largest absolute Gasteiger partial charge is 0.479 e. The van der Waals surface area contributed by atoms with Gasteiger partial charge in [-0.3, -0.25) is 33.6 Å². The molecule has 6 N–H and O–H groups in total. The SMILES string of the molecule is CO[C@H]1O[C@H](C(=O)O)[C@H](O[C@H]2O[C@H](C(=O)O)[C@H](O[C@H]3O[C@H](C(=O)O)[C@H](OC(C)=O)[C@H](OC(C)=O)[C@H]3NC(C)=O)[C@H](OC(C)=O)[C@H]2NC(C)=O)[C@H](OC(C)=O)[C@H]1NC(C)=O. The maximum atomic E-state index is 13.0. The highest BCUT2D eigenvalue weighted by Crippen LogP contribution is 2.36. The third kappa shape index (κ3) is 12.2. The number of nitrogens with one attached hydrogen (secondary N) is 3. The lowest BCUT2D eigenvalue weighted by molar-refractivity contribution is -0.343. The molecule has 3 rings (SSSR count). The first-order chi connectivity index (χ1) is 27.5. The molecule has 0 aromatic heterocycles. The molecule has 330 valence electrons. The molecule has 0 spiro atoms.